The first-order chi connectivity index (χ1) is 11.1. The van der Waals surface area contributed by atoms with Crippen molar-refractivity contribution in [2.24, 2.45) is 11.8 Å². The van der Waals surface area contributed by atoms with Crippen molar-refractivity contribution < 1.29 is 14.7 Å². The lowest BCUT2D eigenvalue weighted by Crippen LogP contribution is -2.08. The number of unbranched alkanes of at least 4 members (excludes halogenated alkanes) is 4. The number of carboxylic acids is 1. The summed E-state index contributed by atoms with van der Waals surface area (Å²) in [6.07, 6.45) is 18.0. The molecule has 0 amide bonds. The summed E-state index contributed by atoms with van der Waals surface area (Å²) in [7, 11) is 0. The average molecular weight is 322 g/mol. The number of hydrogen-bond donors (Lipinski definition) is 1. The Hall–Kier alpha value is -1.12. The van der Waals surface area contributed by atoms with Gasteiger partial charge < -0.3 is 5.11 Å². The van der Waals surface area contributed by atoms with Crippen LogP contribution >= 0.6 is 0 Å². The number of hydrogen-bond acceptors (Lipinski definition) is 2. The molecule has 1 fully saturated rings. The summed E-state index contributed by atoms with van der Waals surface area (Å²) in [5, 5.41) is 8.54. The fourth-order valence-corrected chi connectivity index (χ4v) is 3.81. The zero-order valence-corrected chi connectivity index (χ0v) is 14.8. The maximum Gasteiger partial charge on any atom is 0.327 e. The van der Waals surface area contributed by atoms with Crippen molar-refractivity contribution in [3.8, 4) is 0 Å². The second kappa shape index (κ2) is 12.3. The number of ketones is 1. The van der Waals surface area contributed by atoms with E-state index in [4.69, 9.17) is 5.11 Å². The summed E-state index contributed by atoms with van der Waals surface area (Å²) >= 11 is 0. The molecule has 3 heteroatoms. The monoisotopic (exact) mass is 322 g/mol. The maximum atomic E-state index is 11.3. The number of rotatable bonds is 13. The van der Waals surface area contributed by atoms with Crippen LogP contribution in [0.15, 0.2) is 12.2 Å². The van der Waals surface area contributed by atoms with Crippen LogP contribution in [0, 0.1) is 11.8 Å². The van der Waals surface area contributed by atoms with Gasteiger partial charge in [0.05, 0.1) is 0 Å². The normalized spacial score (nSPS) is 21.1. The van der Waals surface area contributed by atoms with Gasteiger partial charge in [-0.3, -0.25) is 4.79 Å². The fraction of sp³-hybridized carbons (Fsp3) is 0.800. The van der Waals surface area contributed by atoms with Gasteiger partial charge in [-0.25, -0.2) is 4.79 Å². The number of carbonyl (C=O) groups excluding carboxylic acids is 1. The van der Waals surface area contributed by atoms with Crippen molar-refractivity contribution in [3.05, 3.63) is 12.2 Å². The Labute approximate surface area is 141 Å². The third-order valence-electron chi connectivity index (χ3n) is 5.20. The van der Waals surface area contributed by atoms with E-state index in [1.54, 1.807) is 6.08 Å². The van der Waals surface area contributed by atoms with E-state index in [2.05, 4.69) is 0 Å². The molecule has 0 heterocycles. The largest absolute Gasteiger partial charge is 0.478 e. The van der Waals surface area contributed by atoms with Crippen molar-refractivity contribution in [2.75, 3.05) is 0 Å². The summed E-state index contributed by atoms with van der Waals surface area (Å²) in [5.74, 6) is 1.34. The van der Waals surface area contributed by atoms with Gasteiger partial charge in [-0.2, -0.15) is 0 Å². The molecule has 0 saturated heterocycles. The van der Waals surface area contributed by atoms with Crippen LogP contribution in [0.25, 0.3) is 0 Å². The van der Waals surface area contributed by atoms with Crippen LogP contribution < -0.4 is 0 Å². The highest BCUT2D eigenvalue weighted by atomic mass is 16.4. The molecule has 1 saturated carbocycles. The van der Waals surface area contributed by atoms with E-state index < -0.39 is 5.97 Å². The molecule has 0 aliphatic heterocycles. The minimum Gasteiger partial charge on any atom is -0.478 e. The first kappa shape index (κ1) is 19.9. The third kappa shape index (κ3) is 9.58. The van der Waals surface area contributed by atoms with E-state index in [0.717, 1.165) is 37.5 Å². The maximum absolute atomic E-state index is 11.3. The fourth-order valence-electron chi connectivity index (χ4n) is 3.81. The lowest BCUT2D eigenvalue weighted by atomic mass is 9.87. The number of carbonyl (C=O) groups is 2. The van der Waals surface area contributed by atoms with E-state index >= 15 is 0 Å². The number of allylic oxidation sites excluding steroid dienone is 1. The molecular weight excluding hydrogens is 288 g/mol. The van der Waals surface area contributed by atoms with Crippen molar-refractivity contribution in [1.29, 1.82) is 0 Å². The number of Topliss-reactive ketones (excluding diaryl/α,β-unsaturated/α-hetero) is 1. The summed E-state index contributed by atoms with van der Waals surface area (Å²) < 4.78 is 0. The average Bonchev–Trinajstić information content (AvgIpc) is 2.97. The lowest BCUT2D eigenvalue weighted by Gasteiger charge is -2.19. The molecule has 1 N–H and O–H groups in total. The Balaban J connectivity index is 2.07. The summed E-state index contributed by atoms with van der Waals surface area (Å²) in [5.41, 5.74) is 0. The smallest absolute Gasteiger partial charge is 0.327 e. The molecule has 0 radical (unpaired) electrons. The van der Waals surface area contributed by atoms with Crippen LogP contribution in [-0.4, -0.2) is 16.9 Å². The molecule has 0 aromatic heterocycles. The van der Waals surface area contributed by atoms with E-state index in [9.17, 15) is 9.59 Å². The van der Waals surface area contributed by atoms with Crippen molar-refractivity contribution in [3.63, 3.8) is 0 Å². The Morgan fingerprint density at radius 1 is 1.00 bits per heavy atom. The van der Waals surface area contributed by atoms with Gasteiger partial charge in [0.15, 0.2) is 0 Å². The zero-order chi connectivity index (χ0) is 16.9. The van der Waals surface area contributed by atoms with Gasteiger partial charge in [-0.1, -0.05) is 64.4 Å². The van der Waals surface area contributed by atoms with Crippen LogP contribution in [0.1, 0.15) is 90.4 Å². The molecule has 3 nitrogen and oxygen atoms in total. The Morgan fingerprint density at radius 2 is 1.65 bits per heavy atom. The van der Waals surface area contributed by atoms with Gasteiger partial charge in [-0.15, -0.1) is 0 Å². The van der Waals surface area contributed by atoms with Crippen molar-refractivity contribution in [1.82, 2.24) is 0 Å². The predicted molar refractivity (Wildman–Crippen MR) is 94.5 cm³/mol. The van der Waals surface area contributed by atoms with Gasteiger partial charge in [0.2, 0.25) is 0 Å². The van der Waals surface area contributed by atoms with Crippen LogP contribution in [0.3, 0.4) is 0 Å². The minimum atomic E-state index is -0.846. The van der Waals surface area contributed by atoms with Crippen LogP contribution in [0.4, 0.5) is 0 Å². The minimum absolute atomic E-state index is 0.403. The highest BCUT2D eigenvalue weighted by Crippen LogP contribution is 2.38. The Bertz CT molecular complexity index is 373. The topological polar surface area (TPSA) is 54.4 Å². The second-order valence-corrected chi connectivity index (χ2v) is 6.97. The molecule has 1 aliphatic rings. The van der Waals surface area contributed by atoms with Crippen LogP contribution in [0.2, 0.25) is 0 Å². The van der Waals surface area contributed by atoms with E-state index in [-0.39, 0.29) is 0 Å². The van der Waals surface area contributed by atoms with E-state index in [1.165, 1.54) is 57.4 Å². The van der Waals surface area contributed by atoms with Crippen molar-refractivity contribution >= 4 is 11.8 Å². The van der Waals surface area contributed by atoms with Crippen LogP contribution in [0.5, 0.6) is 0 Å². The van der Waals surface area contributed by atoms with Gasteiger partial charge in [0, 0.05) is 18.9 Å². The first-order valence-electron chi connectivity index (χ1n) is 9.54. The first-order valence-corrected chi connectivity index (χ1v) is 9.54. The molecule has 0 aromatic carbocycles. The molecule has 2 atom stereocenters. The number of aliphatic carboxylic acids is 1. The summed E-state index contributed by atoms with van der Waals surface area (Å²) in [6.45, 7) is 1.95. The highest BCUT2D eigenvalue weighted by Gasteiger charge is 2.25. The molecule has 0 aromatic rings. The molecular formula is C20H34O3. The lowest BCUT2D eigenvalue weighted by molar-refractivity contribution is -0.131. The molecule has 1 aliphatic carbocycles. The Morgan fingerprint density at radius 3 is 2.26 bits per heavy atom. The standard InChI is InChI=1S/C20H34O3/c1-2-19(21)15-8-5-7-12-18-14-10-13-17(18)11-6-3-4-9-16-20(22)23/h9,16-18H,2-8,10-15H2,1H3,(H,22,23)/t17-,18-/m0/s1. The zero-order valence-electron chi connectivity index (χ0n) is 14.8. The van der Waals surface area contributed by atoms with Gasteiger partial charge in [0.1, 0.15) is 5.78 Å². The highest BCUT2D eigenvalue weighted by molar-refractivity contribution is 5.79. The SMILES string of the molecule is CCC(=O)CCCCC[C@H]1CCC[C@@H]1CCCCC=CC(=O)O. The number of carboxylic acid groups (broad SMARTS) is 1. The molecule has 0 bridgehead atoms. The van der Waals surface area contributed by atoms with E-state index in [1.807, 2.05) is 6.92 Å². The molecule has 1 rings (SSSR count). The quantitative estimate of drug-likeness (QED) is 0.358. The van der Waals surface area contributed by atoms with Crippen LogP contribution in [-0.2, 0) is 9.59 Å². The summed E-state index contributed by atoms with van der Waals surface area (Å²) in [4.78, 5) is 21.7. The third-order valence-corrected chi connectivity index (χ3v) is 5.20. The Kier molecular flexibility index (Phi) is 10.7. The van der Waals surface area contributed by atoms with Gasteiger partial charge in [-0.05, 0) is 31.1 Å². The molecule has 0 unspecified atom stereocenters. The molecule has 23 heavy (non-hydrogen) atoms. The second-order valence-electron chi connectivity index (χ2n) is 6.97. The predicted octanol–water partition coefficient (Wildman–Crippen LogP) is 5.53. The van der Waals surface area contributed by atoms with Gasteiger partial charge >= 0.3 is 5.97 Å². The molecule has 132 valence electrons. The summed E-state index contributed by atoms with van der Waals surface area (Å²) in [6, 6.07) is 0. The van der Waals surface area contributed by atoms with Gasteiger partial charge in [0.25, 0.3) is 0 Å². The van der Waals surface area contributed by atoms with Crippen molar-refractivity contribution in [2.45, 2.75) is 90.4 Å². The molecule has 0 spiro atoms. The van der Waals surface area contributed by atoms with E-state index in [0.29, 0.717) is 12.2 Å².